The van der Waals surface area contributed by atoms with Gasteiger partial charge < -0.3 is 10.6 Å². The quantitative estimate of drug-likeness (QED) is 0.901. The zero-order valence-corrected chi connectivity index (χ0v) is 12.2. The van der Waals surface area contributed by atoms with Gasteiger partial charge >= 0.3 is 0 Å². The molecule has 0 saturated heterocycles. The van der Waals surface area contributed by atoms with E-state index in [9.17, 15) is 0 Å². The molecule has 0 spiro atoms. The Hall–Kier alpha value is -1.80. The largest absolute Gasteiger partial charge is 0.344 e. The lowest BCUT2D eigenvalue weighted by atomic mass is 10.1. The van der Waals surface area contributed by atoms with Gasteiger partial charge in [-0.15, -0.1) is 0 Å². The number of nitrogens with zero attached hydrogens (tertiary/aromatic N) is 1. The molecule has 2 heteroatoms. The second-order valence-corrected chi connectivity index (χ2v) is 5.24. The van der Waals surface area contributed by atoms with Gasteiger partial charge in [-0.05, 0) is 61.2 Å². The maximum atomic E-state index is 5.85. The summed E-state index contributed by atoms with van der Waals surface area (Å²) in [5, 5.41) is 0. The molecule has 2 N–H and O–H groups in total. The van der Waals surface area contributed by atoms with Gasteiger partial charge in [0.2, 0.25) is 0 Å². The van der Waals surface area contributed by atoms with Crippen LogP contribution in [0.3, 0.4) is 0 Å². The van der Waals surface area contributed by atoms with Crippen molar-refractivity contribution in [2.45, 2.75) is 27.3 Å². The van der Waals surface area contributed by atoms with E-state index in [0.717, 1.165) is 0 Å². The summed E-state index contributed by atoms with van der Waals surface area (Å²) >= 11 is 0. The van der Waals surface area contributed by atoms with Crippen LogP contribution in [0.2, 0.25) is 0 Å². The second kappa shape index (κ2) is 5.45. The van der Waals surface area contributed by atoms with Gasteiger partial charge in [0.05, 0.1) is 0 Å². The number of anilines is 2. The van der Waals surface area contributed by atoms with Crippen molar-refractivity contribution in [3.63, 3.8) is 0 Å². The first-order valence-corrected chi connectivity index (χ1v) is 6.63. The molecule has 0 amide bonds. The van der Waals surface area contributed by atoms with Crippen LogP contribution in [0.15, 0.2) is 36.4 Å². The molecule has 0 fully saturated rings. The fourth-order valence-electron chi connectivity index (χ4n) is 2.44. The van der Waals surface area contributed by atoms with Crippen LogP contribution in [0.1, 0.15) is 22.3 Å². The molecule has 0 unspecified atom stereocenters. The maximum absolute atomic E-state index is 5.85. The Morgan fingerprint density at radius 3 is 2.11 bits per heavy atom. The minimum Gasteiger partial charge on any atom is -0.344 e. The summed E-state index contributed by atoms with van der Waals surface area (Å²) in [6, 6.07) is 13.0. The molecular weight excluding hydrogens is 232 g/mol. The third-order valence-electron chi connectivity index (χ3n) is 3.42. The minimum absolute atomic E-state index is 0.560. The van der Waals surface area contributed by atoms with Crippen molar-refractivity contribution in [3.8, 4) is 0 Å². The van der Waals surface area contributed by atoms with Crippen molar-refractivity contribution in [1.82, 2.24) is 0 Å². The van der Waals surface area contributed by atoms with Crippen molar-refractivity contribution < 1.29 is 0 Å². The normalized spacial score (nSPS) is 10.6. The summed E-state index contributed by atoms with van der Waals surface area (Å²) in [7, 11) is 2.10. The van der Waals surface area contributed by atoms with Gasteiger partial charge in [0.1, 0.15) is 0 Å². The Kier molecular flexibility index (Phi) is 3.91. The van der Waals surface area contributed by atoms with Gasteiger partial charge in [-0.3, -0.25) is 0 Å². The van der Waals surface area contributed by atoms with E-state index in [-0.39, 0.29) is 0 Å². The molecule has 0 aliphatic carbocycles. The monoisotopic (exact) mass is 254 g/mol. The zero-order valence-electron chi connectivity index (χ0n) is 12.2. The summed E-state index contributed by atoms with van der Waals surface area (Å²) in [4.78, 5) is 2.22. The average Bonchev–Trinajstić information content (AvgIpc) is 2.36. The molecule has 0 aliphatic rings. The molecule has 0 radical (unpaired) electrons. The van der Waals surface area contributed by atoms with Gasteiger partial charge in [0.25, 0.3) is 0 Å². The van der Waals surface area contributed by atoms with E-state index in [1.807, 2.05) is 0 Å². The van der Waals surface area contributed by atoms with E-state index < -0.39 is 0 Å². The molecule has 0 aliphatic heterocycles. The Balaban J connectivity index is 2.48. The van der Waals surface area contributed by atoms with Crippen LogP contribution >= 0.6 is 0 Å². The van der Waals surface area contributed by atoms with E-state index in [2.05, 4.69) is 69.1 Å². The molecule has 100 valence electrons. The number of nitrogens with two attached hydrogens (primary N) is 1. The first-order chi connectivity index (χ1) is 9.01. The van der Waals surface area contributed by atoms with Crippen molar-refractivity contribution in [2.75, 3.05) is 11.9 Å². The zero-order chi connectivity index (χ0) is 14.0. The molecule has 19 heavy (non-hydrogen) atoms. The second-order valence-electron chi connectivity index (χ2n) is 5.24. The lowest BCUT2D eigenvalue weighted by molar-refractivity contribution is 1.04. The van der Waals surface area contributed by atoms with E-state index in [1.165, 1.54) is 33.6 Å². The molecule has 0 aromatic heterocycles. The highest BCUT2D eigenvalue weighted by Gasteiger charge is 2.09. The molecule has 0 heterocycles. The Morgan fingerprint density at radius 1 is 0.895 bits per heavy atom. The molecule has 2 aromatic carbocycles. The van der Waals surface area contributed by atoms with E-state index >= 15 is 0 Å². The molecule has 2 rings (SSSR count). The van der Waals surface area contributed by atoms with Crippen LogP contribution < -0.4 is 10.6 Å². The lowest BCUT2D eigenvalue weighted by Gasteiger charge is -2.24. The van der Waals surface area contributed by atoms with Crippen molar-refractivity contribution in [3.05, 3.63) is 58.7 Å². The van der Waals surface area contributed by atoms with Crippen LogP contribution in [0, 0.1) is 20.8 Å². The Labute approximate surface area is 115 Å². The molecule has 2 aromatic rings. The van der Waals surface area contributed by atoms with Crippen LogP contribution in [0.25, 0.3) is 0 Å². The number of rotatable bonds is 3. The topological polar surface area (TPSA) is 29.3 Å². The van der Waals surface area contributed by atoms with Crippen LogP contribution in [-0.2, 0) is 6.54 Å². The highest BCUT2D eigenvalue weighted by atomic mass is 15.1. The summed E-state index contributed by atoms with van der Waals surface area (Å²) in [6.45, 7) is 6.93. The van der Waals surface area contributed by atoms with Crippen molar-refractivity contribution in [2.24, 2.45) is 5.73 Å². The predicted molar refractivity (Wildman–Crippen MR) is 83.0 cm³/mol. The van der Waals surface area contributed by atoms with Crippen LogP contribution in [0.4, 0.5) is 11.4 Å². The van der Waals surface area contributed by atoms with Crippen molar-refractivity contribution in [1.29, 1.82) is 0 Å². The lowest BCUT2D eigenvalue weighted by Crippen LogP contribution is -2.14. The summed E-state index contributed by atoms with van der Waals surface area (Å²) < 4.78 is 0. The molecular formula is C17H22N2. The van der Waals surface area contributed by atoms with E-state index in [1.54, 1.807) is 0 Å². The highest BCUT2D eigenvalue weighted by molar-refractivity contribution is 5.67. The average molecular weight is 254 g/mol. The summed E-state index contributed by atoms with van der Waals surface area (Å²) in [5.74, 6) is 0. The van der Waals surface area contributed by atoms with Gasteiger partial charge in [-0.1, -0.05) is 18.2 Å². The first-order valence-electron chi connectivity index (χ1n) is 6.63. The SMILES string of the molecule is Cc1cc(C)cc(N(C)c2cc(C)ccc2CN)c1. The third-order valence-corrected chi connectivity index (χ3v) is 3.42. The van der Waals surface area contributed by atoms with Crippen LogP contribution in [0.5, 0.6) is 0 Å². The van der Waals surface area contributed by atoms with Gasteiger partial charge in [0.15, 0.2) is 0 Å². The fourth-order valence-corrected chi connectivity index (χ4v) is 2.44. The standard InChI is InChI=1S/C17H22N2/c1-12-5-6-15(11-18)17(10-12)19(4)16-8-13(2)7-14(3)9-16/h5-10H,11,18H2,1-4H3. The highest BCUT2D eigenvalue weighted by Crippen LogP contribution is 2.29. The molecule has 2 nitrogen and oxygen atoms in total. The van der Waals surface area contributed by atoms with Gasteiger partial charge in [-0.25, -0.2) is 0 Å². The number of hydrogen-bond acceptors (Lipinski definition) is 2. The van der Waals surface area contributed by atoms with Crippen molar-refractivity contribution >= 4 is 11.4 Å². The molecule has 0 saturated carbocycles. The van der Waals surface area contributed by atoms with E-state index in [0.29, 0.717) is 6.54 Å². The first kappa shape index (κ1) is 13.6. The number of aryl methyl sites for hydroxylation is 3. The van der Waals surface area contributed by atoms with Gasteiger partial charge in [0, 0.05) is 25.0 Å². The van der Waals surface area contributed by atoms with Crippen LogP contribution in [-0.4, -0.2) is 7.05 Å². The fraction of sp³-hybridized carbons (Fsp3) is 0.294. The third kappa shape index (κ3) is 2.96. The smallest absolute Gasteiger partial charge is 0.0456 e. The Bertz CT molecular complexity index is 568. The Morgan fingerprint density at radius 2 is 1.53 bits per heavy atom. The number of benzene rings is 2. The number of hydrogen-bond donors (Lipinski definition) is 1. The summed E-state index contributed by atoms with van der Waals surface area (Å²) in [5.41, 5.74) is 13.2. The van der Waals surface area contributed by atoms with E-state index in [4.69, 9.17) is 5.73 Å². The van der Waals surface area contributed by atoms with Gasteiger partial charge in [-0.2, -0.15) is 0 Å². The summed E-state index contributed by atoms with van der Waals surface area (Å²) in [6.07, 6.45) is 0. The maximum Gasteiger partial charge on any atom is 0.0456 e. The predicted octanol–water partition coefficient (Wildman–Crippen LogP) is 3.84. The molecule has 0 atom stereocenters. The minimum atomic E-state index is 0.560. The molecule has 0 bridgehead atoms.